The Kier molecular flexibility index (Phi) is 5.19. The van der Waals surface area contributed by atoms with Crippen molar-refractivity contribution in [2.75, 3.05) is 24.6 Å². The molecule has 1 N–H and O–H groups in total. The summed E-state index contributed by atoms with van der Waals surface area (Å²) in [4.78, 5) is 14.7. The Bertz CT molecular complexity index is 772. The summed E-state index contributed by atoms with van der Waals surface area (Å²) in [6, 6.07) is 10.9. The van der Waals surface area contributed by atoms with Crippen molar-refractivity contribution in [1.29, 1.82) is 0 Å². The number of likely N-dealkylation sites (tertiary alicyclic amines) is 1. The van der Waals surface area contributed by atoms with Gasteiger partial charge >= 0.3 is 6.03 Å². The van der Waals surface area contributed by atoms with E-state index in [1.54, 1.807) is 0 Å². The fraction of sp³-hybridized carbons (Fsp3) is 0.667. The van der Waals surface area contributed by atoms with Gasteiger partial charge in [0.05, 0.1) is 11.5 Å². The second kappa shape index (κ2) is 7.46. The Morgan fingerprint density at radius 1 is 1.07 bits per heavy atom. The molecule has 0 radical (unpaired) electrons. The van der Waals surface area contributed by atoms with Crippen LogP contribution in [0.25, 0.3) is 0 Å². The molecule has 1 spiro atoms. The van der Waals surface area contributed by atoms with Crippen molar-refractivity contribution in [3.05, 3.63) is 35.9 Å². The highest BCUT2D eigenvalue weighted by atomic mass is 32.2. The summed E-state index contributed by atoms with van der Waals surface area (Å²) in [5.74, 6) is 1.14. The van der Waals surface area contributed by atoms with Gasteiger partial charge in [0.2, 0.25) is 0 Å². The monoisotopic (exact) mass is 390 g/mol. The largest absolute Gasteiger partial charge is 0.335 e. The van der Waals surface area contributed by atoms with Gasteiger partial charge < -0.3 is 10.2 Å². The van der Waals surface area contributed by atoms with Crippen molar-refractivity contribution in [2.24, 2.45) is 5.41 Å². The number of benzene rings is 1. The number of hydrogen-bond acceptors (Lipinski definition) is 3. The van der Waals surface area contributed by atoms with E-state index in [-0.39, 0.29) is 29.0 Å². The van der Waals surface area contributed by atoms with Crippen molar-refractivity contribution >= 4 is 15.9 Å². The van der Waals surface area contributed by atoms with Crippen LogP contribution < -0.4 is 5.32 Å². The smallest absolute Gasteiger partial charge is 0.317 e. The molecular formula is C21H30N2O3S. The maximum Gasteiger partial charge on any atom is 0.317 e. The predicted octanol–water partition coefficient (Wildman–Crippen LogP) is 3.32. The molecule has 6 heteroatoms. The van der Waals surface area contributed by atoms with Gasteiger partial charge in [0.15, 0.2) is 9.84 Å². The second-order valence-corrected chi connectivity index (χ2v) is 11.0. The molecule has 2 heterocycles. The average Bonchev–Trinajstić information content (AvgIpc) is 2.97. The molecule has 3 fully saturated rings. The number of piperidine rings is 1. The van der Waals surface area contributed by atoms with Crippen molar-refractivity contribution in [3.8, 4) is 0 Å². The van der Waals surface area contributed by atoms with Crippen LogP contribution >= 0.6 is 0 Å². The molecular weight excluding hydrogens is 360 g/mol. The molecule has 27 heavy (non-hydrogen) atoms. The van der Waals surface area contributed by atoms with E-state index in [1.165, 1.54) is 5.56 Å². The highest BCUT2D eigenvalue weighted by Gasteiger charge is 2.45. The summed E-state index contributed by atoms with van der Waals surface area (Å²) >= 11 is 0. The molecule has 1 atom stereocenters. The topological polar surface area (TPSA) is 66.5 Å². The van der Waals surface area contributed by atoms with Crippen LogP contribution in [0.4, 0.5) is 4.79 Å². The molecule has 2 aliphatic heterocycles. The number of nitrogens with one attached hydrogen (secondary N) is 1. The third-order valence-corrected chi connectivity index (χ3v) is 8.62. The van der Waals surface area contributed by atoms with Gasteiger partial charge in [0.25, 0.3) is 0 Å². The van der Waals surface area contributed by atoms with Crippen LogP contribution in [0, 0.1) is 5.41 Å². The van der Waals surface area contributed by atoms with Crippen LogP contribution in [-0.4, -0.2) is 50.0 Å². The quantitative estimate of drug-likeness (QED) is 0.842. The zero-order chi connectivity index (χ0) is 18.9. The van der Waals surface area contributed by atoms with Gasteiger partial charge in [-0.15, -0.1) is 0 Å². The van der Waals surface area contributed by atoms with E-state index in [0.29, 0.717) is 18.9 Å². The zero-order valence-corrected chi connectivity index (χ0v) is 16.7. The minimum absolute atomic E-state index is 0.00142. The molecule has 1 aromatic carbocycles. The fourth-order valence-electron chi connectivity index (χ4n) is 5.25. The predicted molar refractivity (Wildman–Crippen MR) is 106 cm³/mol. The highest BCUT2D eigenvalue weighted by Crippen LogP contribution is 2.40. The summed E-state index contributed by atoms with van der Waals surface area (Å²) in [6.45, 7) is 1.34. The Labute approximate surface area is 162 Å². The normalized spacial score (nSPS) is 33.1. The molecule has 0 aromatic heterocycles. The molecule has 2 amide bonds. The Balaban J connectivity index is 1.30. The molecule has 1 aromatic rings. The molecule has 148 valence electrons. The molecule has 0 bridgehead atoms. The Morgan fingerprint density at radius 3 is 2.48 bits per heavy atom. The number of sulfone groups is 1. The third kappa shape index (κ3) is 4.31. The maximum atomic E-state index is 12.8. The van der Waals surface area contributed by atoms with Crippen molar-refractivity contribution in [1.82, 2.24) is 10.2 Å². The highest BCUT2D eigenvalue weighted by molar-refractivity contribution is 7.91. The van der Waals surface area contributed by atoms with Gasteiger partial charge in [-0.25, -0.2) is 13.2 Å². The van der Waals surface area contributed by atoms with Crippen LogP contribution in [0.2, 0.25) is 0 Å². The van der Waals surface area contributed by atoms with Gasteiger partial charge in [-0.3, -0.25) is 0 Å². The number of urea groups is 1. The van der Waals surface area contributed by atoms with Gasteiger partial charge in [0.1, 0.15) is 0 Å². The SMILES string of the molecule is O=C(NC1CCC(c2ccccc2)CC1)N1CCCC2(CCS(=O)(=O)C2)C1. The van der Waals surface area contributed by atoms with Crippen molar-refractivity contribution in [2.45, 2.75) is 56.9 Å². The van der Waals surface area contributed by atoms with Crippen LogP contribution in [0.1, 0.15) is 56.4 Å². The standard InChI is InChI=1S/C21H30N2O3S/c24-20(23-13-4-11-21(15-23)12-14-27(25,26)16-21)22-19-9-7-18(8-10-19)17-5-2-1-3-6-17/h1-3,5-6,18-19H,4,7-16H2,(H,22,24). The molecule has 4 rings (SSSR count). The van der Waals surface area contributed by atoms with Gasteiger partial charge in [-0.2, -0.15) is 0 Å². The first-order valence-corrected chi connectivity index (χ1v) is 12.1. The third-order valence-electron chi connectivity index (χ3n) is 6.74. The summed E-state index contributed by atoms with van der Waals surface area (Å²) in [5.41, 5.74) is 1.21. The first kappa shape index (κ1) is 18.8. The lowest BCUT2D eigenvalue weighted by Gasteiger charge is -2.40. The zero-order valence-electron chi connectivity index (χ0n) is 15.9. The maximum absolute atomic E-state index is 12.8. The van der Waals surface area contributed by atoms with Crippen LogP contribution in [0.15, 0.2) is 30.3 Å². The average molecular weight is 391 g/mol. The van der Waals surface area contributed by atoms with Crippen molar-refractivity contribution in [3.63, 3.8) is 0 Å². The Morgan fingerprint density at radius 2 is 1.81 bits per heavy atom. The van der Waals surface area contributed by atoms with E-state index in [2.05, 4.69) is 35.6 Å². The Hall–Kier alpha value is -1.56. The lowest BCUT2D eigenvalue weighted by Crippen LogP contribution is -2.52. The molecule has 1 aliphatic carbocycles. The molecule has 5 nitrogen and oxygen atoms in total. The summed E-state index contributed by atoms with van der Waals surface area (Å²) in [5, 5.41) is 3.23. The number of hydrogen-bond donors (Lipinski definition) is 1. The molecule has 1 unspecified atom stereocenters. The lowest BCUT2D eigenvalue weighted by atomic mass is 9.79. The van der Waals surface area contributed by atoms with Crippen LogP contribution in [0.5, 0.6) is 0 Å². The number of nitrogens with zero attached hydrogens (tertiary/aromatic N) is 1. The van der Waals surface area contributed by atoms with E-state index < -0.39 is 9.84 Å². The number of carbonyl (C=O) groups is 1. The number of rotatable bonds is 2. The molecule has 2 saturated heterocycles. The van der Waals surface area contributed by atoms with Gasteiger partial charge in [-0.05, 0) is 56.4 Å². The van der Waals surface area contributed by atoms with E-state index >= 15 is 0 Å². The first-order valence-electron chi connectivity index (χ1n) is 10.3. The van der Waals surface area contributed by atoms with E-state index in [4.69, 9.17) is 0 Å². The van der Waals surface area contributed by atoms with Crippen LogP contribution in [-0.2, 0) is 9.84 Å². The van der Waals surface area contributed by atoms with E-state index in [9.17, 15) is 13.2 Å². The number of amides is 2. The van der Waals surface area contributed by atoms with E-state index in [0.717, 1.165) is 45.1 Å². The van der Waals surface area contributed by atoms with Gasteiger partial charge in [0, 0.05) is 24.5 Å². The first-order chi connectivity index (χ1) is 12.9. The summed E-state index contributed by atoms with van der Waals surface area (Å²) in [7, 11) is -2.92. The fourth-order valence-corrected chi connectivity index (χ4v) is 7.45. The van der Waals surface area contributed by atoms with Gasteiger partial charge in [-0.1, -0.05) is 30.3 Å². The minimum Gasteiger partial charge on any atom is -0.335 e. The summed E-state index contributed by atoms with van der Waals surface area (Å²) in [6.07, 6.45) is 6.79. The van der Waals surface area contributed by atoms with Crippen LogP contribution in [0.3, 0.4) is 0 Å². The molecule has 3 aliphatic rings. The minimum atomic E-state index is -2.92. The van der Waals surface area contributed by atoms with Crippen molar-refractivity contribution < 1.29 is 13.2 Å². The summed E-state index contributed by atoms with van der Waals surface area (Å²) < 4.78 is 23.9. The van der Waals surface area contributed by atoms with E-state index in [1.807, 2.05) is 4.90 Å². The number of carbonyl (C=O) groups excluding carboxylic acids is 1. The second-order valence-electron chi connectivity index (χ2n) is 8.78. The molecule has 1 saturated carbocycles. The lowest BCUT2D eigenvalue weighted by molar-refractivity contribution is 0.118.